The van der Waals surface area contributed by atoms with Gasteiger partial charge in [-0.2, -0.15) is 0 Å². The fourth-order valence-corrected chi connectivity index (χ4v) is 4.23. The number of rotatable bonds is 5. The van der Waals surface area contributed by atoms with Crippen molar-refractivity contribution in [3.8, 4) is 0 Å². The number of fused-ring (bicyclic) bond motifs is 1. The number of imide groups is 1. The summed E-state index contributed by atoms with van der Waals surface area (Å²) in [6.45, 7) is 2.57. The van der Waals surface area contributed by atoms with Crippen LogP contribution in [0.2, 0.25) is 5.02 Å². The van der Waals surface area contributed by atoms with Gasteiger partial charge in [-0.3, -0.25) is 19.5 Å². The van der Waals surface area contributed by atoms with Crippen molar-refractivity contribution in [3.63, 3.8) is 0 Å². The molecule has 1 aromatic carbocycles. The highest BCUT2D eigenvalue weighted by Crippen LogP contribution is 2.26. The van der Waals surface area contributed by atoms with Crippen molar-refractivity contribution in [2.24, 2.45) is 0 Å². The van der Waals surface area contributed by atoms with Crippen LogP contribution in [0, 0.1) is 6.92 Å². The third-order valence-corrected chi connectivity index (χ3v) is 6.10. The third kappa shape index (κ3) is 4.55. The number of hydrogen-bond acceptors (Lipinski definition) is 5. The summed E-state index contributed by atoms with van der Waals surface area (Å²) in [5.41, 5.74) is 2.27. The zero-order valence-corrected chi connectivity index (χ0v) is 17.9. The Morgan fingerprint density at radius 3 is 2.77 bits per heavy atom. The van der Waals surface area contributed by atoms with Gasteiger partial charge in [0.15, 0.2) is 0 Å². The Bertz CT molecular complexity index is 1000. The molecule has 0 saturated carbocycles. The van der Waals surface area contributed by atoms with Crippen molar-refractivity contribution in [1.82, 2.24) is 20.1 Å². The van der Waals surface area contributed by atoms with Gasteiger partial charge in [0.05, 0.1) is 12.6 Å². The monoisotopic (exact) mass is 441 g/mol. The molecule has 4 amide bonds. The summed E-state index contributed by atoms with van der Waals surface area (Å²) in [5.74, 6) is -0.593. The lowest BCUT2D eigenvalue weighted by Crippen LogP contribution is -2.70. The van der Waals surface area contributed by atoms with E-state index in [2.05, 4.69) is 15.6 Å². The number of nitrogens with zero attached hydrogens (tertiary/aromatic N) is 3. The molecular formula is C22H24ClN5O3. The summed E-state index contributed by atoms with van der Waals surface area (Å²) in [7, 11) is 0. The van der Waals surface area contributed by atoms with Crippen LogP contribution in [0.4, 0.5) is 10.5 Å². The van der Waals surface area contributed by atoms with Gasteiger partial charge in [0.2, 0.25) is 11.8 Å². The number of nitrogens with one attached hydrogen (secondary N) is 2. The minimum atomic E-state index is -0.519. The van der Waals surface area contributed by atoms with Gasteiger partial charge in [-0.15, -0.1) is 0 Å². The Morgan fingerprint density at radius 2 is 2.03 bits per heavy atom. The Kier molecular flexibility index (Phi) is 6.20. The lowest BCUT2D eigenvalue weighted by Gasteiger charge is -2.46. The van der Waals surface area contributed by atoms with E-state index in [-0.39, 0.29) is 30.9 Å². The number of benzene rings is 1. The SMILES string of the molecule is Cc1ccc(NC(=O)CN2C(=O)N(Cc3ccncc3)C(=O)C3NCCCC32)cc1Cl. The average molecular weight is 442 g/mol. The van der Waals surface area contributed by atoms with E-state index in [1.807, 2.05) is 13.0 Å². The molecule has 4 rings (SSSR count). The number of amides is 4. The first-order valence-corrected chi connectivity index (χ1v) is 10.6. The number of anilines is 1. The van der Waals surface area contributed by atoms with E-state index >= 15 is 0 Å². The smallest absolute Gasteiger partial charge is 0.324 e. The number of pyridine rings is 1. The molecule has 2 atom stereocenters. The molecule has 1 aromatic heterocycles. The van der Waals surface area contributed by atoms with Gasteiger partial charge in [-0.25, -0.2) is 4.79 Å². The van der Waals surface area contributed by atoms with E-state index < -0.39 is 12.1 Å². The van der Waals surface area contributed by atoms with Crippen LogP contribution in [0.25, 0.3) is 0 Å². The first kappa shape index (κ1) is 21.3. The van der Waals surface area contributed by atoms with E-state index in [1.165, 1.54) is 9.80 Å². The normalized spacial score (nSPS) is 21.1. The van der Waals surface area contributed by atoms with Crippen molar-refractivity contribution in [1.29, 1.82) is 0 Å². The maximum absolute atomic E-state index is 13.3. The molecule has 2 fully saturated rings. The van der Waals surface area contributed by atoms with Crippen LogP contribution in [-0.4, -0.2) is 57.8 Å². The minimum absolute atomic E-state index is 0.136. The molecule has 2 aliphatic heterocycles. The highest BCUT2D eigenvalue weighted by atomic mass is 35.5. The molecule has 162 valence electrons. The van der Waals surface area contributed by atoms with Crippen LogP contribution >= 0.6 is 11.6 Å². The van der Waals surface area contributed by atoms with E-state index in [9.17, 15) is 14.4 Å². The first-order chi connectivity index (χ1) is 14.9. The van der Waals surface area contributed by atoms with E-state index in [0.717, 1.165) is 17.5 Å². The maximum Gasteiger partial charge on any atom is 0.327 e. The maximum atomic E-state index is 13.3. The minimum Gasteiger partial charge on any atom is -0.324 e. The van der Waals surface area contributed by atoms with E-state index in [1.54, 1.807) is 36.7 Å². The van der Waals surface area contributed by atoms with E-state index in [4.69, 9.17) is 11.6 Å². The standard InChI is InChI=1S/C22H24ClN5O3/c1-14-4-5-16(11-17(14)23)26-19(29)13-27-18-3-2-8-25-20(18)21(30)28(22(27)31)12-15-6-9-24-10-7-15/h4-7,9-11,18,20,25H,2-3,8,12-13H2,1H3,(H,26,29). The lowest BCUT2D eigenvalue weighted by molar-refractivity contribution is -0.138. The number of hydrogen-bond donors (Lipinski definition) is 2. The molecule has 0 bridgehead atoms. The lowest BCUT2D eigenvalue weighted by atomic mass is 9.93. The highest BCUT2D eigenvalue weighted by molar-refractivity contribution is 6.31. The van der Waals surface area contributed by atoms with Crippen LogP contribution < -0.4 is 10.6 Å². The van der Waals surface area contributed by atoms with Crippen LogP contribution in [0.15, 0.2) is 42.7 Å². The van der Waals surface area contributed by atoms with Crippen molar-refractivity contribution in [3.05, 3.63) is 58.9 Å². The molecule has 3 heterocycles. The van der Waals surface area contributed by atoms with Crippen molar-refractivity contribution in [2.75, 3.05) is 18.4 Å². The highest BCUT2D eigenvalue weighted by Gasteiger charge is 2.47. The summed E-state index contributed by atoms with van der Waals surface area (Å²) in [4.78, 5) is 45.8. The van der Waals surface area contributed by atoms with Crippen LogP contribution in [0.5, 0.6) is 0 Å². The molecule has 0 radical (unpaired) electrons. The molecule has 8 nitrogen and oxygen atoms in total. The second kappa shape index (κ2) is 9.03. The number of urea groups is 1. The average Bonchev–Trinajstić information content (AvgIpc) is 2.77. The summed E-state index contributed by atoms with van der Waals surface area (Å²) < 4.78 is 0. The van der Waals surface area contributed by atoms with Crippen LogP contribution in [0.3, 0.4) is 0 Å². The first-order valence-electron chi connectivity index (χ1n) is 10.2. The largest absolute Gasteiger partial charge is 0.327 e. The second-order valence-electron chi connectivity index (χ2n) is 7.84. The molecule has 2 saturated heterocycles. The fourth-order valence-electron chi connectivity index (χ4n) is 4.05. The van der Waals surface area contributed by atoms with Gasteiger partial charge < -0.3 is 15.5 Å². The van der Waals surface area contributed by atoms with Gasteiger partial charge in [0, 0.05) is 23.1 Å². The molecule has 2 N–H and O–H groups in total. The zero-order chi connectivity index (χ0) is 22.0. The number of aryl methyl sites for hydroxylation is 1. The third-order valence-electron chi connectivity index (χ3n) is 5.69. The number of carbonyl (C=O) groups excluding carboxylic acids is 3. The predicted molar refractivity (Wildman–Crippen MR) is 117 cm³/mol. The van der Waals surface area contributed by atoms with Gasteiger partial charge in [0.25, 0.3) is 0 Å². The number of halogens is 1. The fraction of sp³-hybridized carbons (Fsp3) is 0.364. The van der Waals surface area contributed by atoms with Gasteiger partial charge in [-0.05, 0) is 61.7 Å². The summed E-state index contributed by atoms with van der Waals surface area (Å²) in [6.07, 6.45) is 4.74. The Hall–Kier alpha value is -2.97. The summed E-state index contributed by atoms with van der Waals surface area (Å²) in [6, 6.07) is 7.46. The number of carbonyl (C=O) groups is 3. The van der Waals surface area contributed by atoms with Gasteiger partial charge in [-0.1, -0.05) is 17.7 Å². The van der Waals surface area contributed by atoms with Crippen molar-refractivity contribution < 1.29 is 14.4 Å². The second-order valence-corrected chi connectivity index (χ2v) is 8.25. The Labute approximate surface area is 185 Å². The molecule has 0 spiro atoms. The molecule has 9 heteroatoms. The van der Waals surface area contributed by atoms with Crippen LogP contribution in [-0.2, 0) is 16.1 Å². The molecule has 0 aliphatic carbocycles. The zero-order valence-electron chi connectivity index (χ0n) is 17.2. The molecule has 2 aromatic rings. The van der Waals surface area contributed by atoms with Crippen molar-refractivity contribution in [2.45, 2.75) is 38.4 Å². The number of piperidine rings is 1. The Morgan fingerprint density at radius 1 is 1.26 bits per heavy atom. The summed E-state index contributed by atoms with van der Waals surface area (Å²) in [5, 5.41) is 6.58. The molecule has 2 aliphatic rings. The van der Waals surface area contributed by atoms with Crippen LogP contribution in [0.1, 0.15) is 24.0 Å². The quantitative estimate of drug-likeness (QED) is 0.743. The summed E-state index contributed by atoms with van der Waals surface area (Å²) >= 11 is 6.14. The topological polar surface area (TPSA) is 94.6 Å². The van der Waals surface area contributed by atoms with Crippen molar-refractivity contribution >= 4 is 35.1 Å². The van der Waals surface area contributed by atoms with E-state index in [0.29, 0.717) is 23.7 Å². The van der Waals surface area contributed by atoms with Gasteiger partial charge >= 0.3 is 6.03 Å². The Balaban J connectivity index is 1.53. The van der Waals surface area contributed by atoms with Gasteiger partial charge in [0.1, 0.15) is 12.6 Å². The molecule has 2 unspecified atom stereocenters. The number of aromatic nitrogens is 1. The molecule has 31 heavy (non-hydrogen) atoms. The predicted octanol–water partition coefficient (Wildman–Crippen LogP) is 2.57. The molecular weight excluding hydrogens is 418 g/mol.